The average molecular weight is 223 g/mol. The third kappa shape index (κ3) is 2.21. The van der Waals surface area contributed by atoms with Gasteiger partial charge in [-0.2, -0.15) is 15.4 Å². The lowest BCUT2D eigenvalue weighted by atomic mass is 10.1. The largest absolute Gasteiger partial charge is 0.334 e. The average Bonchev–Trinajstić information content (AvgIpc) is 2.96. The van der Waals surface area contributed by atoms with Crippen molar-refractivity contribution in [1.29, 1.82) is 0 Å². The maximum atomic E-state index is 12.1. The molecule has 1 aromatic heterocycles. The zero-order valence-corrected chi connectivity index (χ0v) is 9.22. The van der Waals surface area contributed by atoms with Crippen LogP contribution in [0.5, 0.6) is 0 Å². The highest BCUT2D eigenvalue weighted by atomic mass is 16.2. The van der Waals surface area contributed by atoms with Gasteiger partial charge in [-0.3, -0.25) is 4.79 Å². The van der Waals surface area contributed by atoms with Gasteiger partial charge in [-0.1, -0.05) is 0 Å². The van der Waals surface area contributed by atoms with Crippen LogP contribution in [0.15, 0.2) is 6.20 Å². The van der Waals surface area contributed by atoms with Gasteiger partial charge < -0.3 is 10.6 Å². The van der Waals surface area contributed by atoms with Crippen molar-refractivity contribution >= 4 is 5.91 Å². The molecular formula is C10H17N5O. The Morgan fingerprint density at radius 2 is 2.56 bits per heavy atom. The number of H-pyrrole nitrogens is 1. The third-order valence-electron chi connectivity index (χ3n) is 3.01. The van der Waals surface area contributed by atoms with Gasteiger partial charge in [0.2, 0.25) is 0 Å². The number of nitrogens with zero attached hydrogens (tertiary/aromatic N) is 3. The van der Waals surface area contributed by atoms with Gasteiger partial charge >= 0.3 is 0 Å². The highest BCUT2D eigenvalue weighted by Crippen LogP contribution is 2.22. The second kappa shape index (κ2) is 5.07. The fraction of sp³-hybridized carbons (Fsp3) is 0.700. The molecule has 1 aliphatic heterocycles. The second-order valence-corrected chi connectivity index (χ2v) is 4.08. The summed E-state index contributed by atoms with van der Waals surface area (Å²) < 4.78 is 0. The fourth-order valence-electron chi connectivity index (χ4n) is 2.21. The lowest BCUT2D eigenvalue weighted by Crippen LogP contribution is -2.36. The molecule has 0 aromatic carbocycles. The molecule has 1 aliphatic rings. The van der Waals surface area contributed by atoms with Crippen LogP contribution in [-0.4, -0.2) is 45.3 Å². The number of likely N-dealkylation sites (tertiary alicyclic amines) is 1. The van der Waals surface area contributed by atoms with E-state index < -0.39 is 0 Å². The van der Waals surface area contributed by atoms with E-state index in [2.05, 4.69) is 15.4 Å². The van der Waals surface area contributed by atoms with Gasteiger partial charge in [-0.05, 0) is 32.2 Å². The summed E-state index contributed by atoms with van der Waals surface area (Å²) in [6.45, 7) is 1.50. The minimum absolute atomic E-state index is 0.0201. The SMILES string of the molecule is NCCCC1CCCN1C(=O)c1cn[nH]n1. The predicted octanol–water partition coefficient (Wildman–Crippen LogP) is 0.148. The van der Waals surface area contributed by atoms with Crippen LogP contribution in [0.25, 0.3) is 0 Å². The molecule has 16 heavy (non-hydrogen) atoms. The lowest BCUT2D eigenvalue weighted by Gasteiger charge is -2.23. The van der Waals surface area contributed by atoms with Gasteiger partial charge in [0.25, 0.3) is 5.91 Å². The van der Waals surface area contributed by atoms with Crippen molar-refractivity contribution in [1.82, 2.24) is 20.3 Å². The Bertz CT molecular complexity index is 337. The van der Waals surface area contributed by atoms with E-state index >= 15 is 0 Å². The molecule has 0 saturated carbocycles. The van der Waals surface area contributed by atoms with E-state index in [1.807, 2.05) is 4.90 Å². The van der Waals surface area contributed by atoms with E-state index in [0.717, 1.165) is 32.2 Å². The molecular weight excluding hydrogens is 206 g/mol. The summed E-state index contributed by atoms with van der Waals surface area (Å²) in [5.41, 5.74) is 5.89. The van der Waals surface area contributed by atoms with E-state index in [1.165, 1.54) is 6.20 Å². The smallest absolute Gasteiger partial charge is 0.276 e. The number of carbonyl (C=O) groups is 1. The molecule has 0 aliphatic carbocycles. The molecule has 6 nitrogen and oxygen atoms in total. The van der Waals surface area contributed by atoms with E-state index in [1.54, 1.807) is 0 Å². The van der Waals surface area contributed by atoms with Gasteiger partial charge in [0.05, 0.1) is 6.20 Å². The second-order valence-electron chi connectivity index (χ2n) is 4.08. The van der Waals surface area contributed by atoms with Crippen molar-refractivity contribution in [2.45, 2.75) is 31.7 Å². The molecule has 0 bridgehead atoms. The highest BCUT2D eigenvalue weighted by molar-refractivity contribution is 5.92. The van der Waals surface area contributed by atoms with Gasteiger partial charge in [-0.15, -0.1) is 0 Å². The summed E-state index contributed by atoms with van der Waals surface area (Å²) >= 11 is 0. The van der Waals surface area contributed by atoms with E-state index in [4.69, 9.17) is 5.73 Å². The Kier molecular flexibility index (Phi) is 3.51. The number of rotatable bonds is 4. The molecule has 6 heteroatoms. The third-order valence-corrected chi connectivity index (χ3v) is 3.01. The maximum Gasteiger partial charge on any atom is 0.276 e. The minimum Gasteiger partial charge on any atom is -0.334 e. The zero-order chi connectivity index (χ0) is 11.4. The Balaban J connectivity index is 1.99. The lowest BCUT2D eigenvalue weighted by molar-refractivity contribution is 0.0723. The van der Waals surface area contributed by atoms with E-state index in [0.29, 0.717) is 18.3 Å². The van der Waals surface area contributed by atoms with Crippen LogP contribution in [-0.2, 0) is 0 Å². The number of carbonyl (C=O) groups excluding carboxylic acids is 1. The van der Waals surface area contributed by atoms with E-state index in [9.17, 15) is 4.79 Å². The van der Waals surface area contributed by atoms with Crippen LogP contribution in [0.4, 0.5) is 0 Å². The van der Waals surface area contributed by atoms with Crippen LogP contribution >= 0.6 is 0 Å². The predicted molar refractivity (Wildman–Crippen MR) is 58.7 cm³/mol. The van der Waals surface area contributed by atoms with Crippen molar-refractivity contribution < 1.29 is 4.79 Å². The molecule has 88 valence electrons. The Hall–Kier alpha value is -1.43. The minimum atomic E-state index is -0.0201. The molecule has 2 rings (SSSR count). The number of amides is 1. The molecule has 0 spiro atoms. The molecule has 2 heterocycles. The number of hydrogen-bond donors (Lipinski definition) is 2. The molecule has 1 atom stereocenters. The van der Waals surface area contributed by atoms with Crippen molar-refractivity contribution in [2.24, 2.45) is 5.73 Å². The van der Waals surface area contributed by atoms with Crippen LogP contribution in [0.3, 0.4) is 0 Å². The first kappa shape index (κ1) is 11.1. The summed E-state index contributed by atoms with van der Waals surface area (Å²) in [5.74, 6) is -0.0201. The van der Waals surface area contributed by atoms with Crippen molar-refractivity contribution in [3.8, 4) is 0 Å². The topological polar surface area (TPSA) is 87.9 Å². The summed E-state index contributed by atoms with van der Waals surface area (Å²) in [6, 6.07) is 0.327. The number of nitrogens with two attached hydrogens (primary N) is 1. The molecule has 0 radical (unpaired) electrons. The van der Waals surface area contributed by atoms with Gasteiger partial charge in [0.1, 0.15) is 0 Å². The maximum absolute atomic E-state index is 12.1. The first-order valence-corrected chi connectivity index (χ1v) is 5.69. The fourth-order valence-corrected chi connectivity index (χ4v) is 2.21. The van der Waals surface area contributed by atoms with E-state index in [-0.39, 0.29) is 5.91 Å². The van der Waals surface area contributed by atoms with Crippen molar-refractivity contribution in [2.75, 3.05) is 13.1 Å². The number of hydrogen-bond acceptors (Lipinski definition) is 4. The van der Waals surface area contributed by atoms with Crippen LogP contribution in [0, 0.1) is 0 Å². The standard InChI is InChI=1S/C10H17N5O/c11-5-1-3-8-4-2-6-15(8)10(16)9-7-12-14-13-9/h7-8H,1-6,11H2,(H,12,13,14). The molecule has 1 aromatic rings. The molecule has 1 unspecified atom stereocenters. The van der Waals surface area contributed by atoms with Gasteiger partial charge in [0, 0.05) is 12.6 Å². The summed E-state index contributed by atoms with van der Waals surface area (Å²) in [5, 5.41) is 9.95. The first-order valence-electron chi connectivity index (χ1n) is 5.69. The van der Waals surface area contributed by atoms with Crippen LogP contribution in [0.1, 0.15) is 36.2 Å². The number of nitrogens with one attached hydrogen (secondary N) is 1. The molecule has 1 amide bonds. The summed E-state index contributed by atoms with van der Waals surface area (Å²) in [7, 11) is 0. The van der Waals surface area contributed by atoms with Crippen molar-refractivity contribution in [3.63, 3.8) is 0 Å². The monoisotopic (exact) mass is 223 g/mol. The normalized spacial score (nSPS) is 20.3. The number of aromatic amines is 1. The Labute approximate surface area is 94.2 Å². The first-order chi connectivity index (χ1) is 7.83. The summed E-state index contributed by atoms with van der Waals surface area (Å²) in [4.78, 5) is 14.0. The quantitative estimate of drug-likeness (QED) is 0.760. The highest BCUT2D eigenvalue weighted by Gasteiger charge is 2.29. The van der Waals surface area contributed by atoms with Gasteiger partial charge in [0.15, 0.2) is 5.69 Å². The zero-order valence-electron chi connectivity index (χ0n) is 9.22. The van der Waals surface area contributed by atoms with Crippen LogP contribution < -0.4 is 5.73 Å². The Morgan fingerprint density at radius 3 is 3.25 bits per heavy atom. The molecule has 1 fully saturated rings. The molecule has 3 N–H and O–H groups in total. The van der Waals surface area contributed by atoms with Crippen molar-refractivity contribution in [3.05, 3.63) is 11.9 Å². The van der Waals surface area contributed by atoms with Crippen LogP contribution in [0.2, 0.25) is 0 Å². The molecule has 1 saturated heterocycles. The number of aromatic nitrogens is 3. The summed E-state index contributed by atoms with van der Waals surface area (Å²) in [6.07, 6.45) is 5.57. The van der Waals surface area contributed by atoms with Gasteiger partial charge in [-0.25, -0.2) is 0 Å². The Morgan fingerprint density at radius 1 is 1.69 bits per heavy atom.